The highest BCUT2D eigenvalue weighted by Crippen LogP contribution is 2.26. The molecule has 0 aliphatic carbocycles. The van der Waals surface area contributed by atoms with E-state index < -0.39 is 4.92 Å². The Labute approximate surface area is 114 Å². The van der Waals surface area contributed by atoms with E-state index in [2.05, 4.69) is 15.9 Å². The molecule has 0 fully saturated rings. The van der Waals surface area contributed by atoms with Gasteiger partial charge in [-0.3, -0.25) is 10.1 Å². The van der Waals surface area contributed by atoms with Crippen molar-refractivity contribution in [2.75, 3.05) is 13.2 Å². The Hall–Kier alpha value is -1.14. The Morgan fingerprint density at radius 1 is 1.22 bits per heavy atom. The predicted molar refractivity (Wildman–Crippen MR) is 71.8 cm³/mol. The zero-order chi connectivity index (χ0) is 13.4. The second-order valence-electron chi connectivity index (χ2n) is 3.89. The van der Waals surface area contributed by atoms with Gasteiger partial charge in [0.05, 0.1) is 17.6 Å². The van der Waals surface area contributed by atoms with Crippen LogP contribution in [0.4, 0.5) is 5.69 Å². The Morgan fingerprint density at radius 3 is 2.61 bits per heavy atom. The Balaban J connectivity index is 2.40. The molecule has 1 aromatic carbocycles. The third-order valence-electron chi connectivity index (χ3n) is 2.39. The molecule has 0 unspecified atom stereocenters. The smallest absolute Gasteiger partial charge is 0.274 e. The average Bonchev–Trinajstić information content (AvgIpc) is 2.33. The summed E-state index contributed by atoms with van der Waals surface area (Å²) in [5, 5.41) is 19.3. The highest BCUT2D eigenvalue weighted by Gasteiger charge is 2.09. The molecule has 6 heteroatoms. The number of rotatable bonds is 8. The molecule has 0 spiro atoms. The van der Waals surface area contributed by atoms with E-state index in [4.69, 9.17) is 9.84 Å². The second-order valence-corrected chi connectivity index (χ2v) is 4.80. The standard InChI is InChI=1S/C12H16BrNO4/c13-10-7-11(14(16)17)9-12(8-10)18-6-4-2-1-3-5-15/h7-9,15H,1-6H2. The molecule has 0 aliphatic heterocycles. The fourth-order valence-electron chi connectivity index (χ4n) is 1.49. The molecule has 100 valence electrons. The van der Waals surface area contributed by atoms with Crippen LogP contribution in [-0.4, -0.2) is 23.2 Å². The van der Waals surface area contributed by atoms with Crippen molar-refractivity contribution in [3.8, 4) is 5.75 Å². The molecule has 5 nitrogen and oxygen atoms in total. The van der Waals surface area contributed by atoms with Crippen LogP contribution in [0.5, 0.6) is 5.75 Å². The van der Waals surface area contributed by atoms with Gasteiger partial charge in [0.1, 0.15) is 5.75 Å². The zero-order valence-corrected chi connectivity index (χ0v) is 11.6. The summed E-state index contributed by atoms with van der Waals surface area (Å²) in [4.78, 5) is 10.2. The van der Waals surface area contributed by atoms with E-state index in [1.54, 1.807) is 6.07 Å². The van der Waals surface area contributed by atoms with Gasteiger partial charge < -0.3 is 9.84 Å². The first-order valence-electron chi connectivity index (χ1n) is 5.82. The van der Waals surface area contributed by atoms with Gasteiger partial charge >= 0.3 is 0 Å². The fourth-order valence-corrected chi connectivity index (χ4v) is 1.95. The molecular formula is C12H16BrNO4. The monoisotopic (exact) mass is 317 g/mol. The van der Waals surface area contributed by atoms with Crippen molar-refractivity contribution in [1.82, 2.24) is 0 Å². The first-order chi connectivity index (χ1) is 8.63. The fraction of sp³-hybridized carbons (Fsp3) is 0.500. The molecule has 0 atom stereocenters. The summed E-state index contributed by atoms with van der Waals surface area (Å²) in [7, 11) is 0. The minimum atomic E-state index is -0.446. The molecule has 0 heterocycles. The number of non-ortho nitro benzene ring substituents is 1. The summed E-state index contributed by atoms with van der Waals surface area (Å²) >= 11 is 3.21. The minimum absolute atomic E-state index is 0.0136. The molecule has 0 bridgehead atoms. The molecule has 0 saturated carbocycles. The van der Waals surface area contributed by atoms with Crippen molar-refractivity contribution in [1.29, 1.82) is 0 Å². The summed E-state index contributed by atoms with van der Waals surface area (Å²) in [5.41, 5.74) is 0.0136. The van der Waals surface area contributed by atoms with Crippen molar-refractivity contribution in [2.24, 2.45) is 0 Å². The van der Waals surface area contributed by atoms with Gasteiger partial charge in [-0.05, 0) is 25.3 Å². The van der Waals surface area contributed by atoms with Crippen molar-refractivity contribution >= 4 is 21.6 Å². The summed E-state index contributed by atoms with van der Waals surface area (Å²) < 4.78 is 6.09. The van der Waals surface area contributed by atoms with Crippen LogP contribution in [0.3, 0.4) is 0 Å². The van der Waals surface area contributed by atoms with Crippen LogP contribution in [0.2, 0.25) is 0 Å². The van der Waals surface area contributed by atoms with Crippen LogP contribution in [0.15, 0.2) is 22.7 Å². The lowest BCUT2D eigenvalue weighted by molar-refractivity contribution is -0.385. The van der Waals surface area contributed by atoms with Crippen molar-refractivity contribution in [3.63, 3.8) is 0 Å². The maximum atomic E-state index is 10.7. The van der Waals surface area contributed by atoms with Crippen molar-refractivity contribution in [2.45, 2.75) is 25.7 Å². The van der Waals surface area contributed by atoms with Gasteiger partial charge in [0.25, 0.3) is 5.69 Å². The number of nitro benzene ring substituents is 1. The molecule has 0 aliphatic rings. The number of aliphatic hydroxyl groups excluding tert-OH is 1. The number of hydrogen-bond donors (Lipinski definition) is 1. The van der Waals surface area contributed by atoms with Gasteiger partial charge in [-0.25, -0.2) is 0 Å². The normalized spacial score (nSPS) is 10.3. The van der Waals surface area contributed by atoms with E-state index in [1.807, 2.05) is 0 Å². The van der Waals surface area contributed by atoms with Crippen LogP contribution in [0, 0.1) is 10.1 Å². The van der Waals surface area contributed by atoms with E-state index in [-0.39, 0.29) is 12.3 Å². The third-order valence-corrected chi connectivity index (χ3v) is 2.85. The van der Waals surface area contributed by atoms with Crippen molar-refractivity contribution in [3.05, 3.63) is 32.8 Å². The summed E-state index contributed by atoms with van der Waals surface area (Å²) in [5.74, 6) is 0.498. The molecule has 1 rings (SSSR count). The quantitative estimate of drug-likeness (QED) is 0.453. The van der Waals surface area contributed by atoms with Crippen LogP contribution >= 0.6 is 15.9 Å². The van der Waals surface area contributed by atoms with Crippen LogP contribution in [-0.2, 0) is 0 Å². The van der Waals surface area contributed by atoms with Gasteiger partial charge in [-0.1, -0.05) is 22.4 Å². The van der Waals surface area contributed by atoms with Gasteiger partial charge in [0.2, 0.25) is 0 Å². The SMILES string of the molecule is O=[N+]([O-])c1cc(Br)cc(OCCCCCCO)c1. The number of nitro groups is 1. The molecular weight excluding hydrogens is 302 g/mol. The molecule has 1 N–H and O–H groups in total. The van der Waals surface area contributed by atoms with Gasteiger partial charge in [-0.15, -0.1) is 0 Å². The first-order valence-corrected chi connectivity index (χ1v) is 6.61. The number of unbranched alkanes of at least 4 members (excludes halogenated alkanes) is 3. The number of benzene rings is 1. The maximum Gasteiger partial charge on any atom is 0.274 e. The van der Waals surface area contributed by atoms with E-state index in [1.165, 1.54) is 12.1 Å². The third kappa shape index (κ3) is 5.46. The highest BCUT2D eigenvalue weighted by molar-refractivity contribution is 9.10. The number of halogens is 1. The Kier molecular flexibility index (Phi) is 6.67. The van der Waals surface area contributed by atoms with E-state index in [0.29, 0.717) is 16.8 Å². The van der Waals surface area contributed by atoms with E-state index in [9.17, 15) is 10.1 Å². The lowest BCUT2D eigenvalue weighted by Crippen LogP contribution is -1.98. The van der Waals surface area contributed by atoms with Crippen molar-refractivity contribution < 1.29 is 14.8 Å². The van der Waals surface area contributed by atoms with Crippen LogP contribution in [0.1, 0.15) is 25.7 Å². The van der Waals surface area contributed by atoms with Crippen LogP contribution in [0.25, 0.3) is 0 Å². The minimum Gasteiger partial charge on any atom is -0.493 e. The van der Waals surface area contributed by atoms with E-state index >= 15 is 0 Å². The largest absolute Gasteiger partial charge is 0.493 e. The lowest BCUT2D eigenvalue weighted by atomic mass is 10.2. The van der Waals surface area contributed by atoms with E-state index in [0.717, 1.165) is 25.7 Å². The second kappa shape index (κ2) is 8.05. The molecule has 0 saturated heterocycles. The number of aliphatic hydroxyl groups is 1. The van der Waals surface area contributed by atoms with Gasteiger partial charge in [0, 0.05) is 17.1 Å². The summed E-state index contributed by atoms with van der Waals surface area (Å²) in [6, 6.07) is 4.56. The zero-order valence-electron chi connectivity index (χ0n) is 9.97. The summed E-state index contributed by atoms with van der Waals surface area (Å²) in [6.45, 7) is 0.748. The topological polar surface area (TPSA) is 72.6 Å². The number of ether oxygens (including phenoxy) is 1. The molecule has 18 heavy (non-hydrogen) atoms. The lowest BCUT2D eigenvalue weighted by Gasteiger charge is -2.06. The number of nitrogens with zero attached hydrogens (tertiary/aromatic N) is 1. The van der Waals surface area contributed by atoms with Gasteiger partial charge in [0.15, 0.2) is 0 Å². The molecule has 0 radical (unpaired) electrons. The molecule has 1 aromatic rings. The first kappa shape index (κ1) is 14.9. The number of hydrogen-bond acceptors (Lipinski definition) is 4. The molecule has 0 aromatic heterocycles. The maximum absolute atomic E-state index is 10.7. The summed E-state index contributed by atoms with van der Waals surface area (Å²) in [6.07, 6.45) is 3.64. The Morgan fingerprint density at radius 2 is 1.94 bits per heavy atom. The highest BCUT2D eigenvalue weighted by atomic mass is 79.9. The predicted octanol–water partition coefficient (Wildman–Crippen LogP) is 3.29. The van der Waals surface area contributed by atoms with Gasteiger partial charge in [-0.2, -0.15) is 0 Å². The average molecular weight is 318 g/mol. The van der Waals surface area contributed by atoms with Crippen LogP contribution < -0.4 is 4.74 Å². The molecule has 0 amide bonds. The Bertz CT molecular complexity index is 398.